The summed E-state index contributed by atoms with van der Waals surface area (Å²) in [6.07, 6.45) is 1.73. The third kappa shape index (κ3) is 4.85. The first kappa shape index (κ1) is 19.4. The molecule has 144 valence electrons. The number of ether oxygens (including phenoxy) is 1. The zero-order valence-corrected chi connectivity index (χ0v) is 16.3. The molecule has 1 N–H and O–H groups in total. The second kappa shape index (κ2) is 8.99. The Balaban J connectivity index is 1.82. The van der Waals surface area contributed by atoms with Crippen LogP contribution in [-0.4, -0.2) is 29.1 Å². The lowest BCUT2D eigenvalue weighted by atomic mass is 10.2. The molecule has 6 heteroatoms. The molecule has 3 aromatic rings. The molecule has 1 aromatic heterocycles. The molecule has 6 nitrogen and oxygen atoms in total. The van der Waals surface area contributed by atoms with Crippen molar-refractivity contribution < 1.29 is 9.53 Å². The Labute approximate surface area is 165 Å². The van der Waals surface area contributed by atoms with Crippen molar-refractivity contribution in [2.75, 3.05) is 17.3 Å². The molecule has 0 bridgehead atoms. The van der Waals surface area contributed by atoms with Gasteiger partial charge >= 0.3 is 5.97 Å². The Morgan fingerprint density at radius 2 is 1.89 bits per heavy atom. The minimum absolute atomic E-state index is 0.269. The van der Waals surface area contributed by atoms with Crippen LogP contribution in [0.2, 0.25) is 0 Å². The molecule has 2 aromatic carbocycles. The number of methoxy groups -OCH3 is 1. The summed E-state index contributed by atoms with van der Waals surface area (Å²) in [6, 6.07) is 19.5. The Morgan fingerprint density at radius 3 is 2.61 bits per heavy atom. The average Bonchev–Trinajstić information content (AvgIpc) is 2.72. The van der Waals surface area contributed by atoms with Crippen molar-refractivity contribution in [2.45, 2.75) is 26.4 Å². The van der Waals surface area contributed by atoms with Gasteiger partial charge in [0.05, 0.1) is 12.7 Å². The summed E-state index contributed by atoms with van der Waals surface area (Å²) in [5.41, 5.74) is 2.41. The molecule has 0 saturated heterocycles. The predicted octanol–water partition coefficient (Wildman–Crippen LogP) is 4.42. The third-order valence-corrected chi connectivity index (χ3v) is 4.29. The second-order valence-corrected chi connectivity index (χ2v) is 6.64. The summed E-state index contributed by atoms with van der Waals surface area (Å²) in [7, 11) is 1.36. The quantitative estimate of drug-likeness (QED) is 0.616. The molecular formula is C22H24N4O2. The molecule has 0 radical (unpaired) electrons. The van der Waals surface area contributed by atoms with E-state index >= 15 is 0 Å². The van der Waals surface area contributed by atoms with E-state index in [4.69, 9.17) is 4.74 Å². The summed E-state index contributed by atoms with van der Waals surface area (Å²) in [6.45, 7) is 5.03. The zero-order valence-electron chi connectivity index (χ0n) is 16.3. The zero-order chi connectivity index (χ0) is 19.9. The fourth-order valence-electron chi connectivity index (χ4n) is 2.85. The number of aromatic nitrogens is 2. The second-order valence-electron chi connectivity index (χ2n) is 6.64. The Hall–Kier alpha value is -3.41. The van der Waals surface area contributed by atoms with Crippen LogP contribution in [0, 0.1) is 0 Å². The average molecular weight is 376 g/mol. The normalized spacial score (nSPS) is 10.6. The number of benzene rings is 2. The van der Waals surface area contributed by atoms with E-state index in [9.17, 15) is 4.79 Å². The van der Waals surface area contributed by atoms with Crippen LogP contribution < -0.4 is 10.2 Å². The van der Waals surface area contributed by atoms with Gasteiger partial charge in [-0.25, -0.2) is 9.78 Å². The lowest BCUT2D eigenvalue weighted by molar-refractivity contribution is 0.0601. The molecule has 0 aliphatic carbocycles. The summed E-state index contributed by atoms with van der Waals surface area (Å²) in [5, 5.41) is 3.16. The molecular weight excluding hydrogens is 352 g/mol. The molecule has 0 unspecified atom stereocenters. The van der Waals surface area contributed by atoms with Crippen molar-refractivity contribution in [1.29, 1.82) is 0 Å². The van der Waals surface area contributed by atoms with Gasteiger partial charge in [-0.05, 0) is 43.7 Å². The number of carbonyl (C=O) groups is 1. The maximum atomic E-state index is 11.7. The highest BCUT2D eigenvalue weighted by Crippen LogP contribution is 2.21. The van der Waals surface area contributed by atoms with Gasteiger partial charge in [-0.1, -0.05) is 36.4 Å². The third-order valence-electron chi connectivity index (χ3n) is 4.29. The highest BCUT2D eigenvalue weighted by atomic mass is 16.5. The van der Waals surface area contributed by atoms with Crippen LogP contribution in [0.15, 0.2) is 66.9 Å². The van der Waals surface area contributed by atoms with Crippen molar-refractivity contribution in [3.63, 3.8) is 0 Å². The summed E-state index contributed by atoms with van der Waals surface area (Å²) >= 11 is 0. The molecule has 1 heterocycles. The molecule has 0 amide bonds. The van der Waals surface area contributed by atoms with Gasteiger partial charge in [0.1, 0.15) is 5.82 Å². The van der Waals surface area contributed by atoms with Gasteiger partial charge in [0.2, 0.25) is 5.95 Å². The first-order valence-corrected chi connectivity index (χ1v) is 9.16. The Morgan fingerprint density at radius 1 is 1.11 bits per heavy atom. The van der Waals surface area contributed by atoms with Crippen LogP contribution in [0.1, 0.15) is 29.8 Å². The molecule has 0 fully saturated rings. The highest BCUT2D eigenvalue weighted by Gasteiger charge is 2.14. The van der Waals surface area contributed by atoms with E-state index in [2.05, 4.69) is 46.2 Å². The lowest BCUT2D eigenvalue weighted by Gasteiger charge is -2.28. The highest BCUT2D eigenvalue weighted by molar-refractivity contribution is 5.90. The van der Waals surface area contributed by atoms with Crippen molar-refractivity contribution in [3.8, 4) is 0 Å². The summed E-state index contributed by atoms with van der Waals surface area (Å²) in [4.78, 5) is 22.9. The van der Waals surface area contributed by atoms with E-state index in [1.165, 1.54) is 12.7 Å². The van der Waals surface area contributed by atoms with Gasteiger partial charge in [-0.2, -0.15) is 4.98 Å². The van der Waals surface area contributed by atoms with Gasteiger partial charge < -0.3 is 15.0 Å². The predicted molar refractivity (Wildman–Crippen MR) is 111 cm³/mol. The van der Waals surface area contributed by atoms with Crippen LogP contribution in [-0.2, 0) is 11.3 Å². The number of carbonyl (C=O) groups excluding carboxylic acids is 1. The summed E-state index contributed by atoms with van der Waals surface area (Å²) < 4.78 is 4.77. The fourth-order valence-corrected chi connectivity index (χ4v) is 2.85. The number of anilines is 3. The van der Waals surface area contributed by atoms with Crippen LogP contribution in [0.5, 0.6) is 0 Å². The number of hydrogen-bond acceptors (Lipinski definition) is 6. The molecule has 3 rings (SSSR count). The van der Waals surface area contributed by atoms with E-state index in [1.807, 2.05) is 30.3 Å². The van der Waals surface area contributed by atoms with Crippen molar-refractivity contribution in [2.24, 2.45) is 0 Å². The number of hydrogen-bond donors (Lipinski definition) is 1. The molecule has 0 aliphatic heterocycles. The van der Waals surface area contributed by atoms with E-state index < -0.39 is 0 Å². The van der Waals surface area contributed by atoms with Gasteiger partial charge in [-0.15, -0.1) is 0 Å². The standard InChI is InChI=1S/C22H24N4O2/c1-16(2)26(15-17-8-5-4-6-9-17)20-12-13-23-22(25-20)24-19-11-7-10-18(14-19)21(27)28-3/h4-14,16H,15H2,1-3H3,(H,23,24,25). The van der Waals surface area contributed by atoms with E-state index in [1.54, 1.807) is 24.4 Å². The Bertz CT molecular complexity index is 929. The van der Waals surface area contributed by atoms with Crippen molar-refractivity contribution in [3.05, 3.63) is 78.0 Å². The number of nitrogens with one attached hydrogen (secondary N) is 1. The van der Waals surface area contributed by atoms with E-state index in [0.29, 0.717) is 11.5 Å². The van der Waals surface area contributed by atoms with Crippen LogP contribution in [0.3, 0.4) is 0 Å². The SMILES string of the molecule is COC(=O)c1cccc(Nc2nccc(N(Cc3ccccc3)C(C)C)n2)c1. The minimum Gasteiger partial charge on any atom is -0.465 e. The van der Waals surface area contributed by atoms with Crippen molar-refractivity contribution >= 4 is 23.4 Å². The van der Waals surface area contributed by atoms with E-state index in [-0.39, 0.29) is 12.0 Å². The molecule has 0 saturated carbocycles. The number of rotatable bonds is 7. The first-order chi connectivity index (χ1) is 13.6. The largest absolute Gasteiger partial charge is 0.465 e. The van der Waals surface area contributed by atoms with Crippen LogP contribution in [0.25, 0.3) is 0 Å². The van der Waals surface area contributed by atoms with Crippen LogP contribution >= 0.6 is 0 Å². The number of nitrogens with zero attached hydrogens (tertiary/aromatic N) is 3. The van der Waals surface area contributed by atoms with Crippen molar-refractivity contribution in [1.82, 2.24) is 9.97 Å². The molecule has 0 aliphatic rings. The van der Waals surface area contributed by atoms with Crippen LogP contribution in [0.4, 0.5) is 17.5 Å². The van der Waals surface area contributed by atoms with Gasteiger partial charge in [0, 0.05) is 24.5 Å². The minimum atomic E-state index is -0.382. The first-order valence-electron chi connectivity index (χ1n) is 9.16. The number of esters is 1. The maximum Gasteiger partial charge on any atom is 0.337 e. The van der Waals surface area contributed by atoms with Gasteiger partial charge in [0.15, 0.2) is 0 Å². The molecule has 0 atom stereocenters. The summed E-state index contributed by atoms with van der Waals surface area (Å²) in [5.74, 6) is 0.922. The smallest absolute Gasteiger partial charge is 0.337 e. The fraction of sp³-hybridized carbons (Fsp3) is 0.227. The van der Waals surface area contributed by atoms with Gasteiger partial charge in [0.25, 0.3) is 0 Å². The van der Waals surface area contributed by atoms with Gasteiger partial charge in [-0.3, -0.25) is 0 Å². The maximum absolute atomic E-state index is 11.7. The van der Waals surface area contributed by atoms with E-state index in [0.717, 1.165) is 18.1 Å². The monoisotopic (exact) mass is 376 g/mol. The lowest BCUT2D eigenvalue weighted by Crippen LogP contribution is -2.31. The Kier molecular flexibility index (Phi) is 6.22. The molecule has 28 heavy (non-hydrogen) atoms. The molecule has 0 spiro atoms. The topological polar surface area (TPSA) is 67.3 Å².